The van der Waals surface area contributed by atoms with Crippen molar-refractivity contribution in [3.8, 4) is 5.75 Å². The van der Waals surface area contributed by atoms with Gasteiger partial charge in [-0.05, 0) is 18.2 Å². The third kappa shape index (κ3) is 2.29. The molecule has 0 fully saturated rings. The van der Waals surface area contributed by atoms with Gasteiger partial charge in [0.2, 0.25) is 0 Å². The van der Waals surface area contributed by atoms with E-state index < -0.39 is 0 Å². The van der Waals surface area contributed by atoms with Gasteiger partial charge in [0, 0.05) is 5.02 Å². The Balaban J connectivity index is 2.90. The van der Waals surface area contributed by atoms with Crippen LogP contribution >= 0.6 is 23.2 Å². The van der Waals surface area contributed by atoms with Gasteiger partial charge in [-0.3, -0.25) is 0 Å². The largest absolute Gasteiger partial charge is 0.569 e. The zero-order valence-electron chi connectivity index (χ0n) is 5.42. The average Bonchev–Trinajstić information content (AvgIpc) is 1.95. The Labute approximate surface area is 75.0 Å². The molecule has 0 aliphatic heterocycles. The van der Waals surface area contributed by atoms with Crippen LogP contribution in [0.2, 0.25) is 10.0 Å². The number of rotatable bonds is 2. The number of halogens is 2. The molecule has 57 valence electrons. The molecule has 0 aromatic heterocycles. The Hall–Kier alpha value is -0.375. The van der Waals surface area contributed by atoms with E-state index in [1.165, 1.54) is 6.07 Å². The molecule has 2 nitrogen and oxygen atoms in total. The Morgan fingerprint density at radius 3 is 2.64 bits per heavy atom. The van der Waals surface area contributed by atoms with E-state index in [1.54, 1.807) is 12.1 Å². The van der Waals surface area contributed by atoms with Crippen molar-refractivity contribution in [2.24, 2.45) is 0 Å². The van der Waals surface area contributed by atoms with E-state index in [2.05, 4.69) is 4.65 Å². The lowest BCUT2D eigenvalue weighted by atomic mass is 10.3. The van der Waals surface area contributed by atoms with Crippen LogP contribution in [0.25, 0.3) is 0 Å². The normalized spacial score (nSPS) is 9.36. The molecule has 0 bridgehead atoms. The first-order chi connectivity index (χ1) is 5.24. The Morgan fingerprint density at radius 1 is 1.36 bits per heavy atom. The molecule has 0 spiro atoms. The van der Waals surface area contributed by atoms with Gasteiger partial charge in [0.1, 0.15) is 5.75 Å². The van der Waals surface area contributed by atoms with E-state index in [4.69, 9.17) is 28.2 Å². The molecule has 1 radical (unpaired) electrons. The van der Waals surface area contributed by atoms with E-state index >= 15 is 0 Å². The van der Waals surface area contributed by atoms with E-state index in [0.29, 0.717) is 23.5 Å². The summed E-state index contributed by atoms with van der Waals surface area (Å²) >= 11 is 11.3. The van der Waals surface area contributed by atoms with Crippen molar-refractivity contribution in [3.63, 3.8) is 0 Å². The van der Waals surface area contributed by atoms with Crippen LogP contribution in [0, 0.1) is 0 Å². The average molecular weight is 190 g/mol. The predicted octanol–water partition coefficient (Wildman–Crippen LogP) is 1.90. The van der Waals surface area contributed by atoms with Crippen LogP contribution in [0.3, 0.4) is 0 Å². The second-order valence-electron chi connectivity index (χ2n) is 1.80. The van der Waals surface area contributed by atoms with Crippen molar-refractivity contribution in [3.05, 3.63) is 28.2 Å². The number of hydrogen-bond acceptors (Lipinski definition) is 2. The highest BCUT2D eigenvalue weighted by atomic mass is 35.5. The molecular weight excluding hydrogens is 186 g/mol. The maximum absolute atomic E-state index is 8.27. The van der Waals surface area contributed by atoms with Crippen LogP contribution in [-0.4, -0.2) is 12.7 Å². The Morgan fingerprint density at radius 2 is 2.09 bits per heavy atom. The molecule has 0 heterocycles. The lowest BCUT2D eigenvalue weighted by Crippen LogP contribution is -1.99. The molecule has 0 aliphatic carbocycles. The lowest BCUT2D eigenvalue weighted by Gasteiger charge is -2.02. The molecule has 0 unspecified atom stereocenters. The quantitative estimate of drug-likeness (QED) is 0.721. The SMILES string of the molecule is O[B]Oc1ccc(Cl)cc1Cl. The second kappa shape index (κ2) is 3.86. The highest BCUT2D eigenvalue weighted by Gasteiger charge is 2.01. The van der Waals surface area contributed by atoms with Crippen LogP contribution in [0.15, 0.2) is 18.2 Å². The summed E-state index contributed by atoms with van der Waals surface area (Å²) in [5.74, 6) is 0.374. The smallest absolute Gasteiger partial charge is 0.536 e. The minimum absolute atomic E-state index is 0.364. The monoisotopic (exact) mass is 189 g/mol. The molecule has 1 aromatic carbocycles. The summed E-state index contributed by atoms with van der Waals surface area (Å²) in [4.78, 5) is 0. The Bertz CT molecular complexity index is 254. The summed E-state index contributed by atoms with van der Waals surface area (Å²) in [5.41, 5.74) is 0. The fourth-order valence-corrected chi connectivity index (χ4v) is 1.08. The maximum atomic E-state index is 8.27. The van der Waals surface area contributed by atoms with Crippen molar-refractivity contribution in [1.82, 2.24) is 0 Å². The minimum atomic E-state index is 0.364. The van der Waals surface area contributed by atoms with Crippen molar-refractivity contribution in [2.45, 2.75) is 0 Å². The van der Waals surface area contributed by atoms with Crippen molar-refractivity contribution >= 4 is 30.9 Å². The molecule has 1 rings (SSSR count). The van der Waals surface area contributed by atoms with Crippen molar-refractivity contribution in [2.75, 3.05) is 0 Å². The zero-order valence-corrected chi connectivity index (χ0v) is 6.93. The molecular formula is C6H4BCl2O2. The van der Waals surface area contributed by atoms with E-state index in [1.807, 2.05) is 0 Å². The van der Waals surface area contributed by atoms with Gasteiger partial charge in [-0.1, -0.05) is 23.2 Å². The summed E-state index contributed by atoms with van der Waals surface area (Å²) in [6, 6.07) is 4.71. The molecule has 0 atom stereocenters. The van der Waals surface area contributed by atoms with E-state index in [-0.39, 0.29) is 0 Å². The van der Waals surface area contributed by atoms with E-state index in [9.17, 15) is 0 Å². The molecule has 1 N–H and O–H groups in total. The lowest BCUT2D eigenvalue weighted by molar-refractivity contribution is 0.454. The standard InChI is InChI=1S/C6H4BCl2O2/c8-4-1-2-6(11-7-10)5(9)3-4/h1-3,10H. The molecule has 0 aliphatic rings. The minimum Gasteiger partial charge on any atom is -0.536 e. The van der Waals surface area contributed by atoms with Crippen molar-refractivity contribution in [1.29, 1.82) is 0 Å². The molecule has 11 heavy (non-hydrogen) atoms. The highest BCUT2D eigenvalue weighted by molar-refractivity contribution is 6.35. The van der Waals surface area contributed by atoms with Crippen LogP contribution in [-0.2, 0) is 0 Å². The van der Waals surface area contributed by atoms with Gasteiger partial charge in [0.15, 0.2) is 0 Å². The van der Waals surface area contributed by atoms with Crippen LogP contribution in [0.5, 0.6) is 5.75 Å². The van der Waals surface area contributed by atoms with Gasteiger partial charge in [-0.15, -0.1) is 0 Å². The summed E-state index contributed by atoms with van der Waals surface area (Å²) in [7, 11) is 0.565. The van der Waals surface area contributed by atoms with E-state index in [0.717, 1.165) is 0 Å². The number of hydrogen-bond donors (Lipinski definition) is 1. The van der Waals surface area contributed by atoms with Gasteiger partial charge >= 0.3 is 7.69 Å². The summed E-state index contributed by atoms with van der Waals surface area (Å²) in [6.07, 6.45) is 0. The van der Waals surface area contributed by atoms with Crippen LogP contribution in [0.4, 0.5) is 0 Å². The number of benzene rings is 1. The third-order valence-corrected chi connectivity index (χ3v) is 1.60. The summed E-state index contributed by atoms with van der Waals surface area (Å²) in [6.45, 7) is 0. The molecule has 0 amide bonds. The van der Waals surface area contributed by atoms with Gasteiger partial charge in [-0.2, -0.15) is 0 Å². The van der Waals surface area contributed by atoms with Crippen LogP contribution in [0.1, 0.15) is 0 Å². The molecule has 5 heteroatoms. The second-order valence-corrected chi connectivity index (χ2v) is 2.64. The van der Waals surface area contributed by atoms with Crippen molar-refractivity contribution < 1.29 is 9.68 Å². The first-order valence-corrected chi connectivity index (χ1v) is 3.57. The van der Waals surface area contributed by atoms with Gasteiger partial charge in [0.25, 0.3) is 0 Å². The summed E-state index contributed by atoms with van der Waals surface area (Å²) in [5, 5.41) is 9.17. The third-order valence-electron chi connectivity index (χ3n) is 1.07. The fraction of sp³-hybridized carbons (Fsp3) is 0. The fourth-order valence-electron chi connectivity index (χ4n) is 0.628. The summed E-state index contributed by atoms with van der Waals surface area (Å²) < 4.78 is 4.63. The molecule has 0 saturated carbocycles. The Kier molecular flexibility index (Phi) is 3.06. The van der Waals surface area contributed by atoms with Gasteiger partial charge < -0.3 is 9.68 Å². The van der Waals surface area contributed by atoms with Gasteiger partial charge in [-0.25, -0.2) is 0 Å². The molecule has 0 saturated heterocycles. The zero-order chi connectivity index (χ0) is 8.27. The predicted molar refractivity (Wildman–Crippen MR) is 45.1 cm³/mol. The first-order valence-electron chi connectivity index (χ1n) is 2.81. The maximum Gasteiger partial charge on any atom is 0.569 e. The van der Waals surface area contributed by atoms with Gasteiger partial charge in [0.05, 0.1) is 5.02 Å². The molecule has 1 aromatic rings. The topological polar surface area (TPSA) is 29.5 Å². The first kappa shape index (κ1) is 8.72. The van der Waals surface area contributed by atoms with Crippen LogP contribution < -0.4 is 4.65 Å². The highest BCUT2D eigenvalue weighted by Crippen LogP contribution is 2.26.